The minimum Gasteiger partial charge on any atom is -0.507 e. The van der Waals surface area contributed by atoms with E-state index in [0.717, 1.165) is 15.6 Å². The Bertz CT molecular complexity index is 980. The average molecular weight is 469 g/mol. The Morgan fingerprint density at radius 2 is 1.83 bits per heavy atom. The lowest BCUT2D eigenvalue weighted by atomic mass is 9.89. The Hall–Kier alpha value is -2.60. The molecule has 0 aliphatic carbocycles. The molecule has 0 aliphatic heterocycles. The number of benzene rings is 2. The van der Waals surface area contributed by atoms with Crippen LogP contribution < -0.4 is 0 Å². The van der Waals surface area contributed by atoms with Gasteiger partial charge in [0.05, 0.1) is 12.4 Å². The van der Waals surface area contributed by atoms with Crippen molar-refractivity contribution in [2.75, 3.05) is 0 Å². The molecule has 30 heavy (non-hydrogen) atoms. The van der Waals surface area contributed by atoms with Gasteiger partial charge in [-0.2, -0.15) is 0 Å². The molecule has 0 radical (unpaired) electrons. The normalized spacial score (nSPS) is 14.8. The van der Waals surface area contributed by atoms with Gasteiger partial charge < -0.3 is 19.7 Å². The Morgan fingerprint density at radius 3 is 2.50 bits per heavy atom. The zero-order valence-corrected chi connectivity index (χ0v) is 18.1. The van der Waals surface area contributed by atoms with Crippen molar-refractivity contribution in [3.63, 3.8) is 0 Å². The number of aliphatic hydroxyl groups is 2. The van der Waals surface area contributed by atoms with Gasteiger partial charge in [-0.3, -0.25) is 0 Å². The molecule has 0 saturated heterocycles. The van der Waals surface area contributed by atoms with Crippen LogP contribution in [0.3, 0.4) is 0 Å². The van der Waals surface area contributed by atoms with Crippen molar-refractivity contribution < 1.29 is 19.7 Å². The fraction of sp³-hybridized carbons (Fsp3) is 0.200. The zero-order chi connectivity index (χ0) is 21.5. The van der Waals surface area contributed by atoms with Gasteiger partial charge in [0.25, 0.3) is 0 Å². The number of furan rings is 1. The number of aliphatic hydroxyl groups excluding tert-OH is 2. The molecular formula is C25H25BrO4. The molecule has 156 valence electrons. The van der Waals surface area contributed by atoms with Crippen LogP contribution in [0, 0.1) is 5.92 Å². The Labute approximate surface area is 184 Å². The molecule has 4 nitrogen and oxygen atoms in total. The maximum atomic E-state index is 10.8. The van der Waals surface area contributed by atoms with Crippen LogP contribution in [0.5, 0.6) is 5.75 Å². The summed E-state index contributed by atoms with van der Waals surface area (Å²) in [5.74, 6) is 0.0219. The number of phenols is 1. The number of hydrogen-bond donors (Lipinski definition) is 3. The van der Waals surface area contributed by atoms with Crippen LogP contribution in [0.1, 0.15) is 35.8 Å². The Morgan fingerprint density at radius 1 is 1.07 bits per heavy atom. The third-order valence-corrected chi connectivity index (χ3v) is 5.58. The molecule has 3 N–H and O–H groups in total. The number of phenolic OH excluding ortho intramolecular Hbond substituents is 1. The third-order valence-electron chi connectivity index (χ3n) is 5.09. The average Bonchev–Trinajstić information content (AvgIpc) is 3.29. The summed E-state index contributed by atoms with van der Waals surface area (Å²) in [7, 11) is 0. The summed E-state index contributed by atoms with van der Waals surface area (Å²) in [5.41, 5.74) is 2.66. The number of halogens is 1. The lowest BCUT2D eigenvalue weighted by molar-refractivity contribution is 0.0214. The predicted octanol–water partition coefficient (Wildman–Crippen LogP) is 5.97. The first-order valence-electron chi connectivity index (χ1n) is 9.76. The van der Waals surface area contributed by atoms with Crippen molar-refractivity contribution in [2.24, 2.45) is 5.92 Å². The number of aromatic hydroxyl groups is 1. The van der Waals surface area contributed by atoms with Crippen LogP contribution in [-0.4, -0.2) is 21.4 Å². The maximum absolute atomic E-state index is 10.8. The lowest BCUT2D eigenvalue weighted by Gasteiger charge is -2.24. The van der Waals surface area contributed by atoms with Gasteiger partial charge in [0.2, 0.25) is 0 Å². The van der Waals surface area contributed by atoms with Crippen LogP contribution in [0.25, 0.3) is 11.6 Å². The summed E-state index contributed by atoms with van der Waals surface area (Å²) in [6.07, 6.45) is 4.15. The van der Waals surface area contributed by atoms with E-state index < -0.39 is 18.1 Å². The summed E-state index contributed by atoms with van der Waals surface area (Å²) >= 11 is 3.44. The second kappa shape index (κ2) is 10.4. The van der Waals surface area contributed by atoms with E-state index in [1.807, 2.05) is 42.5 Å². The number of allylic oxidation sites excluding steroid dienone is 1. The summed E-state index contributed by atoms with van der Waals surface area (Å²) in [6, 6.07) is 18.5. The van der Waals surface area contributed by atoms with Gasteiger partial charge in [0.1, 0.15) is 17.6 Å². The molecule has 0 aliphatic rings. The quantitative estimate of drug-likeness (QED) is 0.267. The highest BCUT2D eigenvalue weighted by atomic mass is 79.9. The standard InChI is InChI=1S/C25H25BrO4/c1-2-21(25(29)24-9-6-14-30-24)23(28)12-10-18(17-7-4-3-5-8-17)15-19-16-20(26)11-13-22(19)27/h2-9,11,13-16,21,23,25,27-29H,1,10,12H2/b18-15-/t21-,23-,25+/m1/s1. The molecule has 3 aromatic rings. The Balaban J connectivity index is 1.82. The van der Waals surface area contributed by atoms with Gasteiger partial charge in [-0.1, -0.05) is 52.3 Å². The van der Waals surface area contributed by atoms with E-state index in [-0.39, 0.29) is 5.75 Å². The largest absolute Gasteiger partial charge is 0.507 e. The molecule has 3 atom stereocenters. The predicted molar refractivity (Wildman–Crippen MR) is 123 cm³/mol. The van der Waals surface area contributed by atoms with Crippen LogP contribution in [0.2, 0.25) is 0 Å². The van der Waals surface area contributed by atoms with Gasteiger partial charge in [-0.25, -0.2) is 0 Å². The number of hydrogen-bond acceptors (Lipinski definition) is 4. The van der Waals surface area contributed by atoms with E-state index >= 15 is 0 Å². The minimum atomic E-state index is -0.967. The minimum absolute atomic E-state index is 0.185. The van der Waals surface area contributed by atoms with Crippen molar-refractivity contribution in [1.82, 2.24) is 0 Å². The van der Waals surface area contributed by atoms with Crippen LogP contribution >= 0.6 is 15.9 Å². The monoisotopic (exact) mass is 468 g/mol. The molecule has 0 saturated carbocycles. The zero-order valence-electron chi connectivity index (χ0n) is 16.5. The van der Waals surface area contributed by atoms with Gasteiger partial charge in [-0.05, 0) is 60.4 Å². The molecule has 3 rings (SSSR count). The van der Waals surface area contributed by atoms with E-state index in [2.05, 4.69) is 22.5 Å². The highest BCUT2D eigenvalue weighted by molar-refractivity contribution is 9.10. The lowest BCUT2D eigenvalue weighted by Crippen LogP contribution is -2.24. The van der Waals surface area contributed by atoms with Crippen molar-refractivity contribution in [3.05, 3.63) is 101 Å². The molecular weight excluding hydrogens is 444 g/mol. The third kappa shape index (κ3) is 5.51. The Kier molecular flexibility index (Phi) is 7.69. The smallest absolute Gasteiger partial charge is 0.132 e. The second-order valence-electron chi connectivity index (χ2n) is 7.12. The summed E-state index contributed by atoms with van der Waals surface area (Å²) in [6.45, 7) is 3.77. The van der Waals surface area contributed by atoms with E-state index in [0.29, 0.717) is 24.2 Å². The molecule has 5 heteroatoms. The highest BCUT2D eigenvalue weighted by Gasteiger charge is 2.27. The van der Waals surface area contributed by atoms with E-state index in [1.165, 1.54) is 6.26 Å². The van der Waals surface area contributed by atoms with Crippen LogP contribution in [0.4, 0.5) is 0 Å². The van der Waals surface area contributed by atoms with E-state index in [4.69, 9.17) is 4.42 Å². The summed E-state index contributed by atoms with van der Waals surface area (Å²) in [5, 5.41) is 31.6. The number of rotatable bonds is 9. The van der Waals surface area contributed by atoms with Crippen molar-refractivity contribution in [3.8, 4) is 5.75 Å². The van der Waals surface area contributed by atoms with Gasteiger partial charge in [-0.15, -0.1) is 6.58 Å². The SMILES string of the molecule is C=C[C@H]([C@H](O)CC/C(=C/c1cc(Br)ccc1O)c1ccccc1)[C@H](O)c1ccco1. The van der Waals surface area contributed by atoms with Gasteiger partial charge in [0, 0.05) is 16.0 Å². The molecule has 0 bridgehead atoms. The highest BCUT2D eigenvalue weighted by Crippen LogP contribution is 2.32. The molecule has 0 unspecified atom stereocenters. The van der Waals surface area contributed by atoms with E-state index in [1.54, 1.807) is 30.3 Å². The van der Waals surface area contributed by atoms with Gasteiger partial charge >= 0.3 is 0 Å². The molecule has 1 aromatic heterocycles. The molecule has 0 spiro atoms. The first kappa shape index (κ1) is 22.1. The molecule has 2 aromatic carbocycles. The fourth-order valence-electron chi connectivity index (χ4n) is 3.42. The second-order valence-corrected chi connectivity index (χ2v) is 8.03. The first-order chi connectivity index (χ1) is 14.5. The van der Waals surface area contributed by atoms with Crippen molar-refractivity contribution >= 4 is 27.6 Å². The molecule has 0 fully saturated rings. The first-order valence-corrected chi connectivity index (χ1v) is 10.6. The summed E-state index contributed by atoms with van der Waals surface area (Å²) in [4.78, 5) is 0. The van der Waals surface area contributed by atoms with Crippen LogP contribution in [-0.2, 0) is 0 Å². The fourth-order valence-corrected chi connectivity index (χ4v) is 3.80. The summed E-state index contributed by atoms with van der Waals surface area (Å²) < 4.78 is 6.14. The topological polar surface area (TPSA) is 73.8 Å². The van der Waals surface area contributed by atoms with E-state index in [9.17, 15) is 15.3 Å². The molecule has 0 amide bonds. The van der Waals surface area contributed by atoms with Crippen molar-refractivity contribution in [2.45, 2.75) is 25.0 Å². The maximum Gasteiger partial charge on any atom is 0.132 e. The molecule has 1 heterocycles. The van der Waals surface area contributed by atoms with Crippen molar-refractivity contribution in [1.29, 1.82) is 0 Å². The van der Waals surface area contributed by atoms with Gasteiger partial charge in [0.15, 0.2) is 0 Å². The van der Waals surface area contributed by atoms with Crippen LogP contribution in [0.15, 0.2) is 88.5 Å².